The zero-order valence-corrected chi connectivity index (χ0v) is 7.43. The van der Waals surface area contributed by atoms with E-state index in [1.165, 1.54) is 4.90 Å². The van der Waals surface area contributed by atoms with Gasteiger partial charge in [-0.3, -0.25) is 10.0 Å². The van der Waals surface area contributed by atoms with E-state index in [0.717, 1.165) is 0 Å². The van der Waals surface area contributed by atoms with E-state index >= 15 is 0 Å². The molecule has 1 rings (SSSR count). The van der Waals surface area contributed by atoms with E-state index < -0.39 is 18.0 Å². The first-order valence-corrected chi connectivity index (χ1v) is 4.14. The maximum absolute atomic E-state index is 11.3. The molecule has 0 aromatic rings. The fourth-order valence-corrected chi connectivity index (χ4v) is 1.43. The molecule has 1 fully saturated rings. The molecule has 0 radical (unpaired) electrons. The van der Waals surface area contributed by atoms with Crippen LogP contribution >= 0.6 is 0 Å². The van der Waals surface area contributed by atoms with Crippen LogP contribution in [-0.4, -0.2) is 46.2 Å². The predicted molar refractivity (Wildman–Crippen MR) is 43.9 cm³/mol. The number of rotatable bonds is 2. The Hall–Kier alpha value is -1.30. The molecular weight excluding hydrogens is 174 g/mol. The van der Waals surface area contributed by atoms with Crippen molar-refractivity contribution >= 4 is 11.9 Å². The number of primary amides is 1. The van der Waals surface area contributed by atoms with E-state index in [1.54, 1.807) is 6.92 Å². The van der Waals surface area contributed by atoms with Gasteiger partial charge in [0.05, 0.1) is 6.54 Å². The van der Waals surface area contributed by atoms with Crippen LogP contribution in [0.2, 0.25) is 0 Å². The van der Waals surface area contributed by atoms with Gasteiger partial charge in [-0.15, -0.1) is 0 Å². The minimum absolute atomic E-state index is 0.156. The second-order valence-corrected chi connectivity index (χ2v) is 2.90. The lowest BCUT2D eigenvalue weighted by molar-refractivity contribution is -0.128. The van der Waals surface area contributed by atoms with Gasteiger partial charge in [0.1, 0.15) is 6.04 Å². The molecule has 0 bridgehead atoms. The summed E-state index contributed by atoms with van der Waals surface area (Å²) >= 11 is 0. The van der Waals surface area contributed by atoms with Crippen molar-refractivity contribution in [2.45, 2.75) is 19.4 Å². The van der Waals surface area contributed by atoms with Crippen LogP contribution in [0.3, 0.4) is 0 Å². The molecule has 1 heterocycles. The van der Waals surface area contributed by atoms with Gasteiger partial charge in [-0.25, -0.2) is 9.86 Å². The van der Waals surface area contributed by atoms with Gasteiger partial charge in [0.25, 0.3) is 0 Å². The molecule has 6 heteroatoms. The molecule has 3 amide bonds. The van der Waals surface area contributed by atoms with E-state index in [-0.39, 0.29) is 6.54 Å². The highest BCUT2D eigenvalue weighted by molar-refractivity contribution is 5.86. The Morgan fingerprint density at radius 3 is 2.85 bits per heavy atom. The molecule has 74 valence electrons. The summed E-state index contributed by atoms with van der Waals surface area (Å²) in [6.45, 7) is 2.25. The van der Waals surface area contributed by atoms with Gasteiger partial charge in [0.2, 0.25) is 5.91 Å². The molecule has 0 spiro atoms. The third kappa shape index (κ3) is 1.72. The van der Waals surface area contributed by atoms with Crippen LogP contribution in [0, 0.1) is 0 Å². The average Bonchev–Trinajstić information content (AvgIpc) is 2.09. The summed E-state index contributed by atoms with van der Waals surface area (Å²) in [6, 6.07) is -1.14. The summed E-state index contributed by atoms with van der Waals surface area (Å²) in [7, 11) is 0. The molecule has 0 aromatic heterocycles. The molecular formula is C7H13N3O3. The molecule has 1 aliphatic rings. The van der Waals surface area contributed by atoms with Crippen molar-refractivity contribution in [1.82, 2.24) is 9.96 Å². The molecule has 0 aromatic carbocycles. The third-order valence-corrected chi connectivity index (χ3v) is 2.13. The predicted octanol–water partition coefficient (Wildman–Crippen LogP) is -0.623. The summed E-state index contributed by atoms with van der Waals surface area (Å²) in [5.74, 6) is -0.525. The van der Waals surface area contributed by atoms with E-state index in [1.807, 2.05) is 0 Å². The van der Waals surface area contributed by atoms with Gasteiger partial charge in [-0.05, 0) is 13.3 Å². The molecule has 1 atom stereocenters. The third-order valence-electron chi connectivity index (χ3n) is 2.13. The van der Waals surface area contributed by atoms with Crippen molar-refractivity contribution in [2.24, 2.45) is 5.73 Å². The molecule has 3 N–H and O–H groups in total. The summed E-state index contributed by atoms with van der Waals surface area (Å²) in [5.41, 5.74) is 5.11. The molecule has 0 aliphatic carbocycles. The largest absolute Gasteiger partial charge is 0.368 e. The summed E-state index contributed by atoms with van der Waals surface area (Å²) in [6.07, 6.45) is 0.380. The Labute approximate surface area is 75.9 Å². The van der Waals surface area contributed by atoms with E-state index in [2.05, 4.69) is 0 Å². The fraction of sp³-hybridized carbons (Fsp3) is 0.714. The highest BCUT2D eigenvalue weighted by Crippen LogP contribution is 2.13. The molecule has 1 aliphatic heterocycles. The lowest BCUT2D eigenvalue weighted by Crippen LogP contribution is -2.57. The number of hydroxylamine groups is 2. The van der Waals surface area contributed by atoms with E-state index in [4.69, 9.17) is 10.9 Å². The van der Waals surface area contributed by atoms with Gasteiger partial charge in [-0.2, -0.15) is 0 Å². The van der Waals surface area contributed by atoms with Crippen LogP contribution in [0.25, 0.3) is 0 Å². The van der Waals surface area contributed by atoms with Crippen molar-refractivity contribution in [3.63, 3.8) is 0 Å². The Bertz CT molecular complexity index is 231. The van der Waals surface area contributed by atoms with Crippen molar-refractivity contribution in [1.29, 1.82) is 0 Å². The maximum Gasteiger partial charge on any atom is 0.344 e. The van der Waals surface area contributed by atoms with Gasteiger partial charge in [0.15, 0.2) is 0 Å². The zero-order chi connectivity index (χ0) is 10.0. The first-order chi connectivity index (χ1) is 6.07. The number of urea groups is 1. The number of likely N-dealkylation sites (N-methyl/N-ethyl adjacent to an activating group) is 1. The number of amides is 3. The number of carbonyl (C=O) groups is 2. The lowest BCUT2D eigenvalue weighted by Gasteiger charge is -2.36. The first-order valence-electron chi connectivity index (χ1n) is 4.14. The zero-order valence-electron chi connectivity index (χ0n) is 7.43. The Morgan fingerprint density at radius 1 is 1.77 bits per heavy atom. The maximum atomic E-state index is 11.3. The topological polar surface area (TPSA) is 86.9 Å². The van der Waals surface area contributed by atoms with Crippen LogP contribution in [0.5, 0.6) is 0 Å². The summed E-state index contributed by atoms with van der Waals surface area (Å²) < 4.78 is 0. The van der Waals surface area contributed by atoms with Crippen molar-refractivity contribution < 1.29 is 14.8 Å². The van der Waals surface area contributed by atoms with Crippen molar-refractivity contribution in [3.05, 3.63) is 0 Å². The quantitative estimate of drug-likeness (QED) is 0.564. The fourth-order valence-electron chi connectivity index (χ4n) is 1.43. The molecule has 13 heavy (non-hydrogen) atoms. The van der Waals surface area contributed by atoms with E-state index in [9.17, 15) is 9.59 Å². The van der Waals surface area contributed by atoms with Crippen molar-refractivity contribution in [2.75, 3.05) is 13.1 Å². The van der Waals surface area contributed by atoms with Gasteiger partial charge < -0.3 is 10.6 Å². The molecule has 6 nitrogen and oxygen atoms in total. The number of nitrogens with two attached hydrogens (primary N) is 1. The number of hydrogen-bond acceptors (Lipinski definition) is 3. The number of hydrogen-bond donors (Lipinski definition) is 2. The lowest BCUT2D eigenvalue weighted by atomic mass is 10.1. The summed E-state index contributed by atoms with van der Waals surface area (Å²) in [5, 5.41) is 9.67. The van der Waals surface area contributed by atoms with Gasteiger partial charge in [0, 0.05) is 6.54 Å². The first kappa shape index (κ1) is 9.79. The van der Waals surface area contributed by atoms with Gasteiger partial charge >= 0.3 is 6.03 Å². The Morgan fingerprint density at radius 2 is 2.38 bits per heavy atom. The standard InChI is InChI=1S/C7H13N3O3/c1-2-9-5(6(8)11)3-4-10(13)7(9)12/h5,13H,2-4H2,1H3,(H2,8,11)/t5-/m0/s1. The second-order valence-electron chi connectivity index (χ2n) is 2.90. The summed E-state index contributed by atoms with van der Waals surface area (Å²) in [4.78, 5) is 23.4. The minimum Gasteiger partial charge on any atom is -0.368 e. The molecule has 1 saturated heterocycles. The Kier molecular flexibility index (Phi) is 2.72. The second kappa shape index (κ2) is 3.61. The van der Waals surface area contributed by atoms with Crippen LogP contribution in [0.15, 0.2) is 0 Å². The highest BCUT2D eigenvalue weighted by Gasteiger charge is 2.34. The van der Waals surface area contributed by atoms with E-state index in [0.29, 0.717) is 18.0 Å². The van der Waals surface area contributed by atoms with Crippen molar-refractivity contribution in [3.8, 4) is 0 Å². The minimum atomic E-state index is -0.583. The number of nitrogens with zero attached hydrogens (tertiary/aromatic N) is 2. The van der Waals surface area contributed by atoms with Crippen LogP contribution in [0.1, 0.15) is 13.3 Å². The Balaban J connectivity index is 2.77. The SMILES string of the molecule is CCN1C(=O)N(O)CC[C@H]1C(N)=O. The molecule has 0 unspecified atom stereocenters. The normalized spacial score (nSPS) is 23.5. The monoisotopic (exact) mass is 187 g/mol. The van der Waals surface area contributed by atoms with Crippen LogP contribution in [0.4, 0.5) is 4.79 Å². The van der Waals surface area contributed by atoms with Gasteiger partial charge in [-0.1, -0.05) is 0 Å². The number of carbonyl (C=O) groups excluding carboxylic acids is 2. The highest BCUT2D eigenvalue weighted by atomic mass is 16.5. The smallest absolute Gasteiger partial charge is 0.344 e. The van der Waals surface area contributed by atoms with Crippen LogP contribution in [-0.2, 0) is 4.79 Å². The average molecular weight is 187 g/mol. The molecule has 0 saturated carbocycles. The van der Waals surface area contributed by atoms with Crippen LogP contribution < -0.4 is 5.73 Å².